The smallest absolute Gasteiger partial charge is 0.321 e. The van der Waals surface area contributed by atoms with Crippen molar-refractivity contribution in [2.75, 3.05) is 5.75 Å². The molecule has 0 spiro atoms. The van der Waals surface area contributed by atoms with Gasteiger partial charge in [-0.25, -0.2) is 0 Å². The van der Waals surface area contributed by atoms with Gasteiger partial charge < -0.3 is 10.8 Å². The average Bonchev–Trinajstić information content (AvgIpc) is 1.82. The van der Waals surface area contributed by atoms with Crippen molar-refractivity contribution in [3.05, 3.63) is 5.75 Å². The summed E-state index contributed by atoms with van der Waals surface area (Å²) in [6.45, 7) is 1.94. The van der Waals surface area contributed by atoms with E-state index >= 15 is 0 Å². The SMILES string of the molecule is CCS[CH]C(N)C(=O)O. The number of hydrogen-bond donors (Lipinski definition) is 2. The third-order valence-electron chi connectivity index (χ3n) is 0.695. The molecule has 0 heterocycles. The van der Waals surface area contributed by atoms with Crippen molar-refractivity contribution in [1.29, 1.82) is 0 Å². The zero-order valence-corrected chi connectivity index (χ0v) is 6.02. The number of carbonyl (C=O) groups is 1. The van der Waals surface area contributed by atoms with Crippen molar-refractivity contribution in [1.82, 2.24) is 0 Å². The minimum atomic E-state index is -0.976. The van der Waals surface area contributed by atoms with Crippen LogP contribution in [0.25, 0.3) is 0 Å². The van der Waals surface area contributed by atoms with Crippen molar-refractivity contribution in [2.24, 2.45) is 5.73 Å². The molecule has 0 aromatic carbocycles. The van der Waals surface area contributed by atoms with Gasteiger partial charge in [0.05, 0.1) is 0 Å². The van der Waals surface area contributed by atoms with Crippen LogP contribution in [0.5, 0.6) is 0 Å². The second-order valence-corrected chi connectivity index (χ2v) is 2.64. The van der Waals surface area contributed by atoms with Gasteiger partial charge in [-0.1, -0.05) is 6.92 Å². The number of rotatable bonds is 4. The van der Waals surface area contributed by atoms with E-state index in [1.807, 2.05) is 6.92 Å². The Balaban J connectivity index is 3.27. The van der Waals surface area contributed by atoms with E-state index in [2.05, 4.69) is 0 Å². The molecule has 1 unspecified atom stereocenters. The highest BCUT2D eigenvalue weighted by atomic mass is 32.2. The van der Waals surface area contributed by atoms with Gasteiger partial charge in [-0.05, 0) is 5.75 Å². The molecule has 1 atom stereocenters. The molecule has 3 N–H and O–H groups in total. The Hall–Kier alpha value is -0.220. The average molecular weight is 148 g/mol. The van der Waals surface area contributed by atoms with E-state index < -0.39 is 12.0 Å². The Labute approximate surface area is 58.6 Å². The zero-order valence-electron chi connectivity index (χ0n) is 5.20. The summed E-state index contributed by atoms with van der Waals surface area (Å²) in [5, 5.41) is 8.24. The molecule has 0 bridgehead atoms. The van der Waals surface area contributed by atoms with E-state index in [1.165, 1.54) is 17.5 Å². The topological polar surface area (TPSA) is 63.3 Å². The van der Waals surface area contributed by atoms with Crippen molar-refractivity contribution in [3.63, 3.8) is 0 Å². The highest BCUT2D eigenvalue weighted by Gasteiger charge is 2.09. The normalized spacial score (nSPS) is 13.1. The van der Waals surface area contributed by atoms with Gasteiger partial charge in [0, 0.05) is 5.75 Å². The van der Waals surface area contributed by atoms with Gasteiger partial charge in [0.2, 0.25) is 0 Å². The number of hydrogen-bond acceptors (Lipinski definition) is 3. The molecule has 53 valence electrons. The van der Waals surface area contributed by atoms with Gasteiger partial charge in [-0.15, -0.1) is 0 Å². The quantitative estimate of drug-likeness (QED) is 0.602. The molecule has 0 fully saturated rings. The molecule has 0 aliphatic heterocycles. The second kappa shape index (κ2) is 4.64. The fourth-order valence-corrected chi connectivity index (χ4v) is 0.774. The fraction of sp³-hybridized carbons (Fsp3) is 0.600. The van der Waals surface area contributed by atoms with Crippen LogP contribution in [-0.2, 0) is 4.79 Å². The number of thioether (sulfide) groups is 1. The maximum Gasteiger partial charge on any atom is 0.321 e. The van der Waals surface area contributed by atoms with E-state index in [4.69, 9.17) is 10.8 Å². The second-order valence-electron chi connectivity index (χ2n) is 1.46. The molecule has 0 amide bonds. The lowest BCUT2D eigenvalue weighted by Gasteiger charge is -2.01. The van der Waals surface area contributed by atoms with E-state index in [1.54, 1.807) is 0 Å². The van der Waals surface area contributed by atoms with Crippen LogP contribution in [0.3, 0.4) is 0 Å². The molecule has 0 aliphatic rings. The summed E-state index contributed by atoms with van der Waals surface area (Å²) in [6.07, 6.45) is 0. The monoisotopic (exact) mass is 148 g/mol. The molecule has 0 saturated heterocycles. The summed E-state index contributed by atoms with van der Waals surface area (Å²) in [5.74, 6) is 1.40. The number of carboxylic acid groups (broad SMARTS) is 1. The molecule has 9 heavy (non-hydrogen) atoms. The van der Waals surface area contributed by atoms with E-state index in [0.717, 1.165) is 5.75 Å². The zero-order chi connectivity index (χ0) is 7.28. The number of nitrogens with two attached hydrogens (primary N) is 1. The molecule has 0 aromatic heterocycles. The highest BCUT2D eigenvalue weighted by molar-refractivity contribution is 8.01. The third-order valence-corrected chi connectivity index (χ3v) is 1.51. The van der Waals surface area contributed by atoms with Crippen LogP contribution >= 0.6 is 11.8 Å². The first-order valence-corrected chi connectivity index (χ1v) is 3.66. The molecule has 0 saturated carbocycles. The van der Waals surface area contributed by atoms with Gasteiger partial charge in [0.15, 0.2) is 0 Å². The predicted molar refractivity (Wildman–Crippen MR) is 38.0 cm³/mol. The molecule has 0 rings (SSSR count). The molecule has 3 nitrogen and oxygen atoms in total. The van der Waals surface area contributed by atoms with Crippen LogP contribution < -0.4 is 5.73 Å². The van der Waals surface area contributed by atoms with Crippen LogP contribution in [0.2, 0.25) is 0 Å². The van der Waals surface area contributed by atoms with Crippen molar-refractivity contribution >= 4 is 17.7 Å². The van der Waals surface area contributed by atoms with E-state index in [0.29, 0.717) is 0 Å². The summed E-state index contributed by atoms with van der Waals surface area (Å²) < 4.78 is 0. The van der Waals surface area contributed by atoms with Gasteiger partial charge in [-0.2, -0.15) is 11.8 Å². The highest BCUT2D eigenvalue weighted by Crippen LogP contribution is 2.05. The Kier molecular flexibility index (Phi) is 4.53. The Morgan fingerprint density at radius 3 is 2.89 bits per heavy atom. The Morgan fingerprint density at radius 1 is 2.00 bits per heavy atom. The standard InChI is InChI=1S/C5H10NO2S/c1-2-9-3-4(6)5(7)8/h3-4H,2,6H2,1H3,(H,7,8). The summed E-state index contributed by atoms with van der Waals surface area (Å²) in [4.78, 5) is 10.0. The van der Waals surface area contributed by atoms with Gasteiger partial charge >= 0.3 is 5.97 Å². The Bertz CT molecular complexity index is 97.0. The fourth-order valence-electron chi connectivity index (χ4n) is 0.258. The number of carboxylic acids is 1. The largest absolute Gasteiger partial charge is 0.480 e. The summed E-state index contributed by atoms with van der Waals surface area (Å²) in [5.41, 5.74) is 5.13. The lowest BCUT2D eigenvalue weighted by atomic mass is 10.4. The first-order chi connectivity index (χ1) is 4.18. The summed E-state index contributed by atoms with van der Waals surface area (Å²) >= 11 is 1.41. The lowest BCUT2D eigenvalue weighted by Crippen LogP contribution is -2.29. The maximum atomic E-state index is 10.0. The van der Waals surface area contributed by atoms with Crippen LogP contribution in [-0.4, -0.2) is 22.9 Å². The van der Waals surface area contributed by atoms with Crippen molar-refractivity contribution < 1.29 is 9.90 Å². The molecular weight excluding hydrogens is 138 g/mol. The van der Waals surface area contributed by atoms with Crippen molar-refractivity contribution in [2.45, 2.75) is 13.0 Å². The van der Waals surface area contributed by atoms with Gasteiger partial charge in [0.1, 0.15) is 6.04 Å². The minimum Gasteiger partial charge on any atom is -0.480 e. The summed E-state index contributed by atoms with van der Waals surface area (Å²) in [6, 6.07) is -0.824. The first kappa shape index (κ1) is 8.78. The van der Waals surface area contributed by atoms with Crippen LogP contribution in [0.4, 0.5) is 0 Å². The first-order valence-electron chi connectivity index (χ1n) is 2.61. The van der Waals surface area contributed by atoms with Crippen LogP contribution in [0.1, 0.15) is 6.92 Å². The van der Waals surface area contributed by atoms with E-state index in [9.17, 15) is 4.79 Å². The predicted octanol–water partition coefficient (Wildman–Crippen LogP) is 0.313. The van der Waals surface area contributed by atoms with Gasteiger partial charge in [0.25, 0.3) is 0 Å². The minimum absolute atomic E-state index is 0.824. The lowest BCUT2D eigenvalue weighted by molar-refractivity contribution is -0.137. The maximum absolute atomic E-state index is 10.0. The molecule has 0 aliphatic carbocycles. The molecule has 4 heteroatoms. The molecular formula is C5H10NO2S. The van der Waals surface area contributed by atoms with Gasteiger partial charge in [-0.3, -0.25) is 4.79 Å². The van der Waals surface area contributed by atoms with Crippen LogP contribution in [0.15, 0.2) is 0 Å². The van der Waals surface area contributed by atoms with Crippen LogP contribution in [0, 0.1) is 5.75 Å². The molecule has 1 radical (unpaired) electrons. The summed E-state index contributed by atoms with van der Waals surface area (Å²) in [7, 11) is 0. The Morgan fingerprint density at radius 2 is 2.56 bits per heavy atom. The molecule has 0 aromatic rings. The van der Waals surface area contributed by atoms with E-state index in [-0.39, 0.29) is 0 Å². The third kappa shape index (κ3) is 4.29. The number of aliphatic carboxylic acids is 1. The van der Waals surface area contributed by atoms with Crippen molar-refractivity contribution in [3.8, 4) is 0 Å².